The van der Waals surface area contributed by atoms with Crippen molar-refractivity contribution >= 4 is 5.82 Å². The Morgan fingerprint density at radius 2 is 2.39 bits per heavy atom. The van der Waals surface area contributed by atoms with Crippen LogP contribution in [0.3, 0.4) is 0 Å². The van der Waals surface area contributed by atoms with Gasteiger partial charge in [-0.1, -0.05) is 0 Å². The number of nitro groups is 1. The first-order valence-electron chi connectivity index (χ1n) is 6.20. The van der Waals surface area contributed by atoms with Gasteiger partial charge in [0.25, 0.3) is 0 Å². The van der Waals surface area contributed by atoms with Crippen LogP contribution in [0.4, 0.5) is 5.82 Å². The van der Waals surface area contributed by atoms with Crippen LogP contribution < -0.4 is 5.32 Å². The topological polar surface area (TPSA) is 76.2 Å². The van der Waals surface area contributed by atoms with Crippen molar-refractivity contribution in [1.82, 2.24) is 19.8 Å². The van der Waals surface area contributed by atoms with Crippen molar-refractivity contribution in [1.29, 1.82) is 0 Å². The quantitative estimate of drug-likeness (QED) is 0.620. The molecule has 18 heavy (non-hydrogen) atoms. The van der Waals surface area contributed by atoms with E-state index in [2.05, 4.69) is 22.1 Å². The van der Waals surface area contributed by atoms with Gasteiger partial charge in [0.2, 0.25) is 0 Å². The molecule has 7 heteroatoms. The van der Waals surface area contributed by atoms with Crippen molar-refractivity contribution in [3.05, 3.63) is 22.1 Å². The zero-order valence-corrected chi connectivity index (χ0v) is 10.8. The third-order valence-corrected chi connectivity index (χ3v) is 3.31. The van der Waals surface area contributed by atoms with Gasteiger partial charge in [0.1, 0.15) is 12.7 Å². The van der Waals surface area contributed by atoms with Crippen LogP contribution in [0.25, 0.3) is 0 Å². The molecule has 1 aliphatic heterocycles. The minimum Gasteiger partial charge on any atom is -0.358 e. The summed E-state index contributed by atoms with van der Waals surface area (Å²) in [7, 11) is 0. The van der Waals surface area contributed by atoms with E-state index in [4.69, 9.17) is 0 Å². The van der Waals surface area contributed by atoms with Crippen molar-refractivity contribution in [2.24, 2.45) is 0 Å². The molecule has 2 rings (SSSR count). The van der Waals surface area contributed by atoms with E-state index in [-0.39, 0.29) is 10.7 Å². The second-order valence-corrected chi connectivity index (χ2v) is 4.73. The maximum atomic E-state index is 10.9. The first kappa shape index (κ1) is 13.0. The highest BCUT2D eigenvalue weighted by atomic mass is 16.6. The molecule has 0 aliphatic carbocycles. The highest BCUT2D eigenvalue weighted by molar-refractivity contribution is 5.18. The van der Waals surface area contributed by atoms with Gasteiger partial charge in [0.15, 0.2) is 5.82 Å². The molecule has 1 fully saturated rings. The molecule has 1 unspecified atom stereocenters. The monoisotopic (exact) mass is 253 g/mol. The molecule has 0 bridgehead atoms. The molecule has 2 heterocycles. The third kappa shape index (κ3) is 2.85. The fraction of sp³-hybridized carbons (Fsp3) is 0.727. The van der Waals surface area contributed by atoms with Gasteiger partial charge >= 0.3 is 5.82 Å². The average Bonchev–Trinajstić information content (AvgIpc) is 2.68. The van der Waals surface area contributed by atoms with Gasteiger partial charge < -0.3 is 15.4 Å². The fourth-order valence-corrected chi connectivity index (χ4v) is 2.34. The summed E-state index contributed by atoms with van der Waals surface area (Å²) >= 11 is 0. The second-order valence-electron chi connectivity index (χ2n) is 4.73. The second kappa shape index (κ2) is 5.45. The molecule has 0 amide bonds. The highest BCUT2D eigenvalue weighted by Crippen LogP contribution is 2.13. The number of piperazine rings is 1. The molecule has 0 spiro atoms. The third-order valence-electron chi connectivity index (χ3n) is 3.31. The van der Waals surface area contributed by atoms with Crippen molar-refractivity contribution in [3.8, 4) is 0 Å². The number of imidazole rings is 1. The lowest BCUT2D eigenvalue weighted by molar-refractivity contribution is -0.392. The van der Waals surface area contributed by atoms with E-state index >= 15 is 0 Å². The first-order chi connectivity index (χ1) is 8.58. The van der Waals surface area contributed by atoms with Crippen LogP contribution in [-0.2, 0) is 6.54 Å². The molecule has 1 atom stereocenters. The molecule has 1 N–H and O–H groups in total. The molecular formula is C11H19N5O2. The van der Waals surface area contributed by atoms with Crippen LogP contribution in [0.5, 0.6) is 0 Å². The van der Waals surface area contributed by atoms with E-state index in [1.54, 1.807) is 11.5 Å². The summed E-state index contributed by atoms with van der Waals surface area (Å²) in [5.41, 5.74) is 0. The molecule has 1 aromatic rings. The Labute approximate surface area is 106 Å². The van der Waals surface area contributed by atoms with Crippen LogP contribution in [-0.4, -0.2) is 51.6 Å². The smallest absolute Gasteiger partial charge is 0.342 e. The number of nitrogens with zero attached hydrogens (tertiary/aromatic N) is 4. The number of aryl methyl sites for hydroxylation is 1. The summed E-state index contributed by atoms with van der Waals surface area (Å²) in [5, 5.41) is 14.2. The largest absolute Gasteiger partial charge is 0.358 e. The molecule has 7 nitrogen and oxygen atoms in total. The van der Waals surface area contributed by atoms with E-state index in [9.17, 15) is 10.1 Å². The van der Waals surface area contributed by atoms with E-state index in [1.165, 1.54) is 6.20 Å². The highest BCUT2D eigenvalue weighted by Gasteiger charge is 2.20. The number of rotatable bonds is 4. The Morgan fingerprint density at radius 1 is 1.61 bits per heavy atom. The standard InChI is InChI=1S/C11H19N5O2/c1-9-8-14(4-3-12-9)5-6-15-10(2)13-7-11(15)16(17)18/h7,9,12H,3-6,8H2,1-2H3. The Bertz CT molecular complexity index is 431. The zero-order chi connectivity index (χ0) is 13.1. The van der Waals surface area contributed by atoms with Crippen LogP contribution in [0.1, 0.15) is 12.7 Å². The van der Waals surface area contributed by atoms with Crippen LogP contribution in [0.2, 0.25) is 0 Å². The number of nitrogens with one attached hydrogen (secondary N) is 1. The summed E-state index contributed by atoms with van der Waals surface area (Å²) < 4.78 is 1.67. The Morgan fingerprint density at radius 3 is 3.06 bits per heavy atom. The summed E-state index contributed by atoms with van der Waals surface area (Å²) in [6, 6.07) is 0.484. The summed E-state index contributed by atoms with van der Waals surface area (Å²) in [6.07, 6.45) is 1.33. The molecule has 0 radical (unpaired) electrons. The van der Waals surface area contributed by atoms with Crippen LogP contribution in [0.15, 0.2) is 6.20 Å². The molecular weight excluding hydrogens is 234 g/mol. The number of aromatic nitrogens is 2. The van der Waals surface area contributed by atoms with Crippen molar-refractivity contribution in [3.63, 3.8) is 0 Å². The lowest BCUT2D eigenvalue weighted by Gasteiger charge is -2.31. The minimum atomic E-state index is -0.375. The van der Waals surface area contributed by atoms with Gasteiger partial charge in [-0.2, -0.15) is 0 Å². The summed E-state index contributed by atoms with van der Waals surface area (Å²) in [6.45, 7) is 8.35. The van der Waals surface area contributed by atoms with Crippen LogP contribution >= 0.6 is 0 Å². The summed E-state index contributed by atoms with van der Waals surface area (Å²) in [5.74, 6) is 0.778. The van der Waals surface area contributed by atoms with Gasteiger partial charge in [-0.3, -0.25) is 4.90 Å². The predicted octanol–water partition coefficient (Wildman–Crippen LogP) is 0.393. The lowest BCUT2D eigenvalue weighted by Crippen LogP contribution is -2.49. The molecule has 0 saturated carbocycles. The van der Waals surface area contributed by atoms with Crippen LogP contribution in [0, 0.1) is 17.0 Å². The van der Waals surface area contributed by atoms with Gasteiger partial charge in [0, 0.05) is 39.1 Å². The molecule has 1 aliphatic rings. The van der Waals surface area contributed by atoms with E-state index in [0.29, 0.717) is 18.4 Å². The lowest BCUT2D eigenvalue weighted by atomic mass is 10.2. The Kier molecular flexibility index (Phi) is 3.93. The predicted molar refractivity (Wildman–Crippen MR) is 67.5 cm³/mol. The normalized spacial score (nSPS) is 21.1. The van der Waals surface area contributed by atoms with E-state index in [0.717, 1.165) is 26.2 Å². The Hall–Kier alpha value is -1.47. The van der Waals surface area contributed by atoms with Gasteiger partial charge in [-0.25, -0.2) is 9.55 Å². The molecule has 1 aromatic heterocycles. The minimum absolute atomic E-state index is 0.0793. The molecule has 1 saturated heterocycles. The van der Waals surface area contributed by atoms with Crippen molar-refractivity contribution in [2.45, 2.75) is 26.4 Å². The number of hydrogen-bond donors (Lipinski definition) is 1. The van der Waals surface area contributed by atoms with Gasteiger partial charge in [-0.15, -0.1) is 0 Å². The first-order valence-corrected chi connectivity index (χ1v) is 6.20. The summed E-state index contributed by atoms with van der Waals surface area (Å²) in [4.78, 5) is 16.8. The maximum absolute atomic E-state index is 10.9. The average molecular weight is 253 g/mol. The SMILES string of the molecule is Cc1ncc([N+](=O)[O-])n1CCN1CCNC(C)C1. The van der Waals surface area contributed by atoms with Crippen molar-refractivity contribution in [2.75, 3.05) is 26.2 Å². The number of hydrogen-bond acceptors (Lipinski definition) is 5. The van der Waals surface area contributed by atoms with Crippen molar-refractivity contribution < 1.29 is 4.92 Å². The van der Waals surface area contributed by atoms with Gasteiger partial charge in [-0.05, 0) is 11.8 Å². The molecule has 100 valence electrons. The Balaban J connectivity index is 1.97. The molecule has 0 aromatic carbocycles. The van der Waals surface area contributed by atoms with E-state index in [1.807, 2.05) is 0 Å². The van der Waals surface area contributed by atoms with E-state index < -0.39 is 0 Å². The van der Waals surface area contributed by atoms with Gasteiger partial charge in [0.05, 0.1) is 0 Å². The fourth-order valence-electron chi connectivity index (χ4n) is 2.34. The maximum Gasteiger partial charge on any atom is 0.342 e. The zero-order valence-electron chi connectivity index (χ0n) is 10.8.